The summed E-state index contributed by atoms with van der Waals surface area (Å²) in [5.74, 6) is -0.738. The molecule has 1 aromatic rings. The summed E-state index contributed by atoms with van der Waals surface area (Å²) in [7, 11) is 3.79. The van der Waals surface area contributed by atoms with Crippen LogP contribution in [0.25, 0.3) is 0 Å². The van der Waals surface area contributed by atoms with Crippen LogP contribution in [-0.4, -0.2) is 107 Å². The highest BCUT2D eigenvalue weighted by atomic mass is 16.2. The SMILES string of the molecule is CN1CCN(CCCNC(=O)c2cc3n(n2)CC(C)(C(=O)NC2CCCCCC2)N(C)C3=O)CC1. The van der Waals surface area contributed by atoms with E-state index in [-0.39, 0.29) is 36.0 Å². The Hall–Kier alpha value is -2.46. The van der Waals surface area contributed by atoms with Crippen molar-refractivity contribution in [3.8, 4) is 0 Å². The highest BCUT2D eigenvalue weighted by Crippen LogP contribution is 2.27. The lowest BCUT2D eigenvalue weighted by Crippen LogP contribution is -2.63. The highest BCUT2D eigenvalue weighted by Gasteiger charge is 2.46. The van der Waals surface area contributed by atoms with Crippen LogP contribution in [0.15, 0.2) is 6.07 Å². The number of carbonyl (C=O) groups excluding carboxylic acids is 3. The summed E-state index contributed by atoms with van der Waals surface area (Å²) in [6.45, 7) is 7.77. The molecule has 4 rings (SSSR count). The lowest BCUT2D eigenvalue weighted by Gasteiger charge is -2.41. The van der Waals surface area contributed by atoms with Crippen molar-refractivity contribution in [2.45, 2.75) is 70.0 Å². The summed E-state index contributed by atoms with van der Waals surface area (Å²) in [6, 6.07) is 1.69. The van der Waals surface area contributed by atoms with Crippen LogP contribution in [-0.2, 0) is 11.3 Å². The lowest BCUT2D eigenvalue weighted by molar-refractivity contribution is -0.133. The number of likely N-dealkylation sites (N-methyl/N-ethyl adjacent to an activating group) is 2. The molecule has 0 bridgehead atoms. The van der Waals surface area contributed by atoms with Gasteiger partial charge >= 0.3 is 0 Å². The third-order valence-corrected chi connectivity index (χ3v) is 7.95. The van der Waals surface area contributed by atoms with E-state index in [2.05, 4.69) is 32.6 Å². The molecule has 1 aromatic heterocycles. The minimum atomic E-state index is -1.06. The average molecular weight is 488 g/mol. The first-order chi connectivity index (χ1) is 16.8. The van der Waals surface area contributed by atoms with Gasteiger partial charge in [0.2, 0.25) is 5.91 Å². The largest absolute Gasteiger partial charge is 0.351 e. The summed E-state index contributed by atoms with van der Waals surface area (Å²) in [6.07, 6.45) is 7.47. The number of hydrogen-bond donors (Lipinski definition) is 2. The maximum absolute atomic E-state index is 13.3. The van der Waals surface area contributed by atoms with E-state index in [1.165, 1.54) is 28.5 Å². The van der Waals surface area contributed by atoms with Crippen molar-refractivity contribution in [1.29, 1.82) is 0 Å². The third kappa shape index (κ3) is 5.86. The number of rotatable bonds is 7. The molecular weight excluding hydrogens is 446 g/mol. The molecule has 3 aliphatic rings. The fourth-order valence-electron chi connectivity index (χ4n) is 5.27. The van der Waals surface area contributed by atoms with Crippen molar-refractivity contribution in [2.24, 2.45) is 0 Å². The van der Waals surface area contributed by atoms with Crippen molar-refractivity contribution < 1.29 is 14.4 Å². The topological polar surface area (TPSA) is 103 Å². The number of nitrogens with one attached hydrogen (secondary N) is 2. The molecule has 3 heterocycles. The van der Waals surface area contributed by atoms with E-state index in [9.17, 15) is 14.4 Å². The van der Waals surface area contributed by atoms with E-state index in [4.69, 9.17) is 0 Å². The first kappa shape index (κ1) is 25.6. The molecule has 1 aliphatic carbocycles. The Morgan fingerprint density at radius 3 is 2.46 bits per heavy atom. The fraction of sp³-hybridized carbons (Fsp3) is 0.760. The van der Waals surface area contributed by atoms with Gasteiger partial charge in [-0.25, -0.2) is 0 Å². The minimum absolute atomic E-state index is 0.150. The molecule has 2 fully saturated rings. The Labute approximate surface area is 208 Å². The first-order valence-electron chi connectivity index (χ1n) is 13.1. The predicted molar refractivity (Wildman–Crippen MR) is 133 cm³/mol. The zero-order valence-corrected chi connectivity index (χ0v) is 21.5. The number of amides is 3. The van der Waals surface area contributed by atoms with E-state index < -0.39 is 5.54 Å². The van der Waals surface area contributed by atoms with Crippen molar-refractivity contribution >= 4 is 17.7 Å². The summed E-state index contributed by atoms with van der Waals surface area (Å²) in [5, 5.41) is 10.5. The van der Waals surface area contributed by atoms with Gasteiger partial charge in [-0.2, -0.15) is 5.10 Å². The van der Waals surface area contributed by atoms with E-state index in [1.54, 1.807) is 14.0 Å². The number of nitrogens with zero attached hydrogens (tertiary/aromatic N) is 5. The van der Waals surface area contributed by atoms with Crippen LogP contribution < -0.4 is 10.6 Å². The van der Waals surface area contributed by atoms with Crippen molar-refractivity contribution in [3.63, 3.8) is 0 Å². The number of aromatic nitrogens is 2. The zero-order chi connectivity index (χ0) is 25.0. The molecule has 1 saturated heterocycles. The summed E-state index contributed by atoms with van der Waals surface area (Å²) < 4.78 is 1.52. The van der Waals surface area contributed by atoms with Gasteiger partial charge in [-0.05, 0) is 39.8 Å². The Morgan fingerprint density at radius 2 is 1.77 bits per heavy atom. The minimum Gasteiger partial charge on any atom is -0.351 e. The molecule has 35 heavy (non-hydrogen) atoms. The van der Waals surface area contributed by atoms with Crippen molar-refractivity contribution in [2.75, 3.05) is 53.4 Å². The second-order valence-corrected chi connectivity index (χ2v) is 10.6. The van der Waals surface area contributed by atoms with E-state index in [1.807, 2.05) is 0 Å². The van der Waals surface area contributed by atoms with Crippen LogP contribution in [0.2, 0.25) is 0 Å². The lowest BCUT2D eigenvalue weighted by atomic mass is 9.95. The van der Waals surface area contributed by atoms with Gasteiger partial charge in [-0.15, -0.1) is 0 Å². The molecule has 0 radical (unpaired) electrons. The normalized spacial score (nSPS) is 24.7. The van der Waals surface area contributed by atoms with Crippen LogP contribution >= 0.6 is 0 Å². The van der Waals surface area contributed by atoms with Crippen molar-refractivity contribution in [3.05, 3.63) is 17.5 Å². The maximum atomic E-state index is 13.3. The predicted octanol–water partition coefficient (Wildman–Crippen LogP) is 0.934. The van der Waals surface area contributed by atoms with Gasteiger partial charge in [-0.3, -0.25) is 19.1 Å². The second-order valence-electron chi connectivity index (χ2n) is 10.6. The fourth-order valence-corrected chi connectivity index (χ4v) is 5.27. The Bertz CT molecular complexity index is 916. The van der Waals surface area contributed by atoms with Gasteiger partial charge in [-0.1, -0.05) is 25.7 Å². The van der Waals surface area contributed by atoms with Gasteiger partial charge < -0.3 is 25.3 Å². The molecule has 194 valence electrons. The molecule has 10 nitrogen and oxygen atoms in total. The van der Waals surface area contributed by atoms with Crippen molar-refractivity contribution in [1.82, 2.24) is 35.1 Å². The van der Waals surface area contributed by atoms with E-state index >= 15 is 0 Å². The Morgan fingerprint density at radius 1 is 1.09 bits per heavy atom. The number of piperazine rings is 1. The van der Waals surface area contributed by atoms with Crippen LogP contribution in [0.4, 0.5) is 0 Å². The summed E-state index contributed by atoms with van der Waals surface area (Å²) in [5.41, 5.74) is -0.497. The van der Waals surface area contributed by atoms with Gasteiger partial charge in [0.1, 0.15) is 11.2 Å². The molecule has 2 aliphatic heterocycles. The number of hydrogen-bond acceptors (Lipinski definition) is 6. The molecular formula is C25H41N7O3. The summed E-state index contributed by atoms with van der Waals surface area (Å²) in [4.78, 5) is 45.4. The van der Waals surface area contributed by atoms with Gasteiger partial charge in [0, 0.05) is 51.9 Å². The maximum Gasteiger partial charge on any atom is 0.272 e. The molecule has 1 saturated carbocycles. The molecule has 3 amide bonds. The molecule has 1 unspecified atom stereocenters. The molecule has 0 aromatic carbocycles. The first-order valence-corrected chi connectivity index (χ1v) is 13.1. The number of carbonyl (C=O) groups is 3. The zero-order valence-electron chi connectivity index (χ0n) is 21.5. The van der Waals surface area contributed by atoms with Crippen LogP contribution in [0.1, 0.15) is 72.8 Å². The van der Waals surface area contributed by atoms with Crippen LogP contribution in [0.3, 0.4) is 0 Å². The van der Waals surface area contributed by atoms with Crippen LogP contribution in [0, 0.1) is 0 Å². The van der Waals surface area contributed by atoms with E-state index in [0.29, 0.717) is 12.2 Å². The molecule has 10 heteroatoms. The van der Waals surface area contributed by atoms with E-state index in [0.717, 1.165) is 64.8 Å². The highest BCUT2D eigenvalue weighted by molar-refractivity contribution is 6.01. The molecule has 1 atom stereocenters. The molecule has 0 spiro atoms. The molecule has 2 N–H and O–H groups in total. The average Bonchev–Trinajstić information content (AvgIpc) is 3.09. The van der Waals surface area contributed by atoms with Gasteiger partial charge in [0.25, 0.3) is 11.8 Å². The van der Waals surface area contributed by atoms with Gasteiger partial charge in [0.15, 0.2) is 5.69 Å². The Kier molecular flexibility index (Phi) is 8.11. The van der Waals surface area contributed by atoms with Gasteiger partial charge in [0.05, 0.1) is 6.54 Å². The standard InChI is InChI=1S/C25H41N7O3/c1-25(24(35)27-19-9-6-4-5-7-10-19)18-32-21(23(34)30(25)3)17-20(28-32)22(33)26-11-8-12-31-15-13-29(2)14-16-31/h17,19H,4-16,18H2,1-3H3,(H,26,33)(H,27,35). The summed E-state index contributed by atoms with van der Waals surface area (Å²) >= 11 is 0. The van der Waals surface area contributed by atoms with Crippen LogP contribution in [0.5, 0.6) is 0 Å². The monoisotopic (exact) mass is 487 g/mol. The number of fused-ring (bicyclic) bond motifs is 1. The smallest absolute Gasteiger partial charge is 0.272 e. The second kappa shape index (κ2) is 11.1. The Balaban J connectivity index is 1.34. The quantitative estimate of drug-likeness (QED) is 0.438. The third-order valence-electron chi connectivity index (χ3n) is 7.95.